The standard InChI is InChI=1S/C12H8Cl2N2O/c13-8-3-9(14)5-10(4-8)16-7-12-2-1-11(6-15)17-12/h1-5,16H,7H2. The number of halogens is 2. The third-order valence-corrected chi connectivity index (χ3v) is 2.54. The summed E-state index contributed by atoms with van der Waals surface area (Å²) in [7, 11) is 0. The maximum absolute atomic E-state index is 8.61. The lowest BCUT2D eigenvalue weighted by Gasteiger charge is -2.05. The highest BCUT2D eigenvalue weighted by Gasteiger charge is 2.02. The highest BCUT2D eigenvalue weighted by Crippen LogP contribution is 2.23. The Morgan fingerprint density at radius 3 is 2.47 bits per heavy atom. The van der Waals surface area contributed by atoms with Gasteiger partial charge in [-0.15, -0.1) is 0 Å². The molecule has 1 aromatic heterocycles. The summed E-state index contributed by atoms with van der Waals surface area (Å²) < 4.78 is 5.23. The Kier molecular flexibility index (Phi) is 3.58. The molecule has 1 N–H and O–H groups in total. The van der Waals surface area contributed by atoms with Crippen molar-refractivity contribution in [2.24, 2.45) is 0 Å². The van der Waals surface area contributed by atoms with E-state index in [4.69, 9.17) is 32.9 Å². The van der Waals surface area contributed by atoms with Crippen molar-refractivity contribution in [3.8, 4) is 6.07 Å². The Hall–Kier alpha value is -1.63. The van der Waals surface area contributed by atoms with E-state index in [0.717, 1.165) is 5.69 Å². The van der Waals surface area contributed by atoms with Crippen molar-refractivity contribution in [1.29, 1.82) is 5.26 Å². The Labute approximate surface area is 109 Å². The molecule has 1 aromatic carbocycles. The minimum Gasteiger partial charge on any atom is -0.449 e. The molecule has 0 spiro atoms. The van der Waals surface area contributed by atoms with Crippen LogP contribution in [0.5, 0.6) is 0 Å². The van der Waals surface area contributed by atoms with Crippen molar-refractivity contribution in [3.63, 3.8) is 0 Å². The maximum Gasteiger partial charge on any atom is 0.203 e. The van der Waals surface area contributed by atoms with Gasteiger partial charge in [0, 0.05) is 15.7 Å². The SMILES string of the molecule is N#Cc1ccc(CNc2cc(Cl)cc(Cl)c2)o1. The molecule has 3 nitrogen and oxygen atoms in total. The van der Waals surface area contributed by atoms with Crippen LogP contribution in [0.25, 0.3) is 0 Å². The lowest BCUT2D eigenvalue weighted by atomic mass is 10.3. The first-order valence-corrected chi connectivity index (χ1v) is 5.62. The molecular weight excluding hydrogens is 259 g/mol. The number of nitriles is 1. The molecule has 0 aliphatic rings. The molecule has 2 aromatic rings. The predicted molar refractivity (Wildman–Crippen MR) is 67.2 cm³/mol. The van der Waals surface area contributed by atoms with Crippen LogP contribution in [0, 0.1) is 11.3 Å². The Bertz CT molecular complexity index is 552. The van der Waals surface area contributed by atoms with Crippen LogP contribution in [0.15, 0.2) is 34.7 Å². The van der Waals surface area contributed by atoms with E-state index in [2.05, 4.69) is 5.32 Å². The van der Waals surface area contributed by atoms with Gasteiger partial charge in [0.15, 0.2) is 0 Å². The van der Waals surface area contributed by atoms with E-state index in [1.165, 1.54) is 0 Å². The fourth-order valence-electron chi connectivity index (χ4n) is 1.38. The molecule has 0 saturated heterocycles. The first kappa shape index (κ1) is 11.8. The second-order valence-electron chi connectivity index (χ2n) is 3.39. The predicted octanol–water partition coefficient (Wildman–Crippen LogP) is 4.07. The summed E-state index contributed by atoms with van der Waals surface area (Å²) in [6, 6.07) is 10.5. The molecule has 0 radical (unpaired) electrons. The van der Waals surface area contributed by atoms with Gasteiger partial charge in [0.1, 0.15) is 11.8 Å². The second-order valence-corrected chi connectivity index (χ2v) is 4.26. The third-order valence-electron chi connectivity index (χ3n) is 2.10. The highest BCUT2D eigenvalue weighted by molar-refractivity contribution is 6.35. The van der Waals surface area contributed by atoms with Crippen LogP contribution in [0.3, 0.4) is 0 Å². The quantitative estimate of drug-likeness (QED) is 0.911. The summed E-state index contributed by atoms with van der Waals surface area (Å²) in [4.78, 5) is 0. The van der Waals surface area contributed by atoms with Crippen LogP contribution in [-0.4, -0.2) is 0 Å². The topological polar surface area (TPSA) is 49.0 Å². The van der Waals surface area contributed by atoms with Crippen LogP contribution < -0.4 is 5.32 Å². The summed E-state index contributed by atoms with van der Waals surface area (Å²) in [6.45, 7) is 0.471. The first-order valence-electron chi connectivity index (χ1n) is 4.86. The van der Waals surface area contributed by atoms with Crippen LogP contribution in [0.2, 0.25) is 10.0 Å². The summed E-state index contributed by atoms with van der Waals surface area (Å²) in [5.41, 5.74) is 0.803. The summed E-state index contributed by atoms with van der Waals surface area (Å²) >= 11 is 11.7. The number of nitrogens with zero attached hydrogens (tertiary/aromatic N) is 1. The zero-order valence-electron chi connectivity index (χ0n) is 8.71. The lowest BCUT2D eigenvalue weighted by molar-refractivity contribution is 0.506. The average Bonchev–Trinajstić information content (AvgIpc) is 2.73. The van der Waals surface area contributed by atoms with Gasteiger partial charge >= 0.3 is 0 Å². The van der Waals surface area contributed by atoms with Crippen LogP contribution in [0.1, 0.15) is 11.5 Å². The van der Waals surface area contributed by atoms with Crippen LogP contribution in [0.4, 0.5) is 5.69 Å². The molecule has 1 heterocycles. The van der Waals surface area contributed by atoms with E-state index in [-0.39, 0.29) is 0 Å². The van der Waals surface area contributed by atoms with Gasteiger partial charge in [0.2, 0.25) is 5.76 Å². The Balaban J connectivity index is 2.04. The molecule has 2 rings (SSSR count). The van der Waals surface area contributed by atoms with Gasteiger partial charge in [-0.05, 0) is 30.3 Å². The third kappa shape index (κ3) is 3.16. The van der Waals surface area contributed by atoms with Crippen molar-refractivity contribution in [3.05, 3.63) is 51.9 Å². The van der Waals surface area contributed by atoms with Gasteiger partial charge in [-0.3, -0.25) is 0 Å². The second kappa shape index (κ2) is 5.13. The molecule has 0 fully saturated rings. The van der Waals surface area contributed by atoms with Crippen molar-refractivity contribution in [2.45, 2.75) is 6.54 Å². The minimum atomic E-state index is 0.297. The number of rotatable bonds is 3. The van der Waals surface area contributed by atoms with E-state index >= 15 is 0 Å². The number of hydrogen-bond acceptors (Lipinski definition) is 3. The van der Waals surface area contributed by atoms with Gasteiger partial charge in [-0.2, -0.15) is 5.26 Å². The minimum absolute atomic E-state index is 0.297. The average molecular weight is 267 g/mol. The molecule has 17 heavy (non-hydrogen) atoms. The molecule has 0 amide bonds. The van der Waals surface area contributed by atoms with Crippen molar-refractivity contribution >= 4 is 28.9 Å². The summed E-state index contributed by atoms with van der Waals surface area (Å²) in [5, 5.41) is 12.9. The fourth-order valence-corrected chi connectivity index (χ4v) is 1.90. The van der Waals surface area contributed by atoms with Crippen molar-refractivity contribution in [1.82, 2.24) is 0 Å². The molecular formula is C12H8Cl2N2O. The number of anilines is 1. The van der Waals surface area contributed by atoms with E-state index in [9.17, 15) is 0 Å². The van der Waals surface area contributed by atoms with Crippen molar-refractivity contribution < 1.29 is 4.42 Å². The summed E-state index contributed by atoms with van der Waals surface area (Å²) in [5.74, 6) is 0.976. The molecule has 0 atom stereocenters. The fraction of sp³-hybridized carbons (Fsp3) is 0.0833. The molecule has 0 aliphatic heterocycles. The Morgan fingerprint density at radius 2 is 1.88 bits per heavy atom. The van der Waals surface area contributed by atoms with Gasteiger partial charge in [-0.25, -0.2) is 0 Å². The largest absolute Gasteiger partial charge is 0.449 e. The normalized spacial score (nSPS) is 9.94. The first-order chi connectivity index (χ1) is 8.17. The zero-order valence-corrected chi connectivity index (χ0v) is 10.2. The number of furan rings is 1. The number of benzene rings is 1. The van der Waals surface area contributed by atoms with Crippen LogP contribution in [-0.2, 0) is 6.54 Å². The van der Waals surface area contributed by atoms with Gasteiger partial charge < -0.3 is 9.73 Å². The zero-order chi connectivity index (χ0) is 12.3. The van der Waals surface area contributed by atoms with E-state index in [1.807, 2.05) is 6.07 Å². The monoisotopic (exact) mass is 266 g/mol. The van der Waals surface area contributed by atoms with Gasteiger partial charge in [0.05, 0.1) is 6.54 Å². The smallest absolute Gasteiger partial charge is 0.203 e. The van der Waals surface area contributed by atoms with Crippen LogP contribution >= 0.6 is 23.2 Å². The van der Waals surface area contributed by atoms with E-state index < -0.39 is 0 Å². The van der Waals surface area contributed by atoms with Gasteiger partial charge in [0.25, 0.3) is 0 Å². The molecule has 0 bridgehead atoms. The lowest BCUT2D eigenvalue weighted by Crippen LogP contribution is -1.97. The molecule has 5 heteroatoms. The molecule has 0 aliphatic carbocycles. The highest BCUT2D eigenvalue weighted by atomic mass is 35.5. The summed E-state index contributed by atoms with van der Waals surface area (Å²) in [6.07, 6.45) is 0. The molecule has 0 unspecified atom stereocenters. The number of hydrogen-bond donors (Lipinski definition) is 1. The molecule has 86 valence electrons. The maximum atomic E-state index is 8.61. The molecule has 0 saturated carbocycles. The van der Waals surface area contributed by atoms with E-state index in [1.54, 1.807) is 30.3 Å². The van der Waals surface area contributed by atoms with Crippen molar-refractivity contribution in [2.75, 3.05) is 5.32 Å². The van der Waals surface area contributed by atoms with Gasteiger partial charge in [-0.1, -0.05) is 23.2 Å². The Morgan fingerprint density at radius 1 is 1.18 bits per heavy atom. The number of nitrogens with one attached hydrogen (secondary N) is 1. The van der Waals surface area contributed by atoms with E-state index in [0.29, 0.717) is 28.1 Å².